The Morgan fingerprint density at radius 1 is 0.449 bits per heavy atom. The molecule has 4 heterocycles. The molecule has 2 saturated carbocycles. The van der Waals surface area contributed by atoms with Crippen molar-refractivity contribution >= 4 is 22.6 Å². The smallest absolute Gasteiger partial charge is 0.0791 e. The Kier molecular flexibility index (Phi) is 24.3. The highest BCUT2D eigenvalue weighted by molar-refractivity contribution is 14.1. The number of alkyl halides is 1. The van der Waals surface area contributed by atoms with Crippen LogP contribution in [-0.4, -0.2) is 115 Å². The average molecular weight is 1020 g/mol. The minimum atomic E-state index is 0. The predicted molar refractivity (Wildman–Crippen MR) is 215 cm³/mol. The van der Waals surface area contributed by atoms with Crippen molar-refractivity contribution in [2.75, 3.05) is 96.1 Å². The maximum atomic E-state index is 2.73. The molecule has 0 unspecified atom stereocenters. The van der Waals surface area contributed by atoms with Gasteiger partial charge in [-0.05, 0) is 133 Å². The molecule has 7 heteroatoms. The maximum Gasteiger partial charge on any atom is 0.0791 e. The van der Waals surface area contributed by atoms with Gasteiger partial charge in [-0.25, -0.2) is 0 Å². The molecule has 4 aliphatic heterocycles. The summed E-state index contributed by atoms with van der Waals surface area (Å²) in [5, 5.41) is 0. The lowest BCUT2D eigenvalue weighted by Crippen LogP contribution is -3.00. The van der Waals surface area contributed by atoms with Gasteiger partial charge in [-0.1, -0.05) is 68.0 Å². The van der Waals surface area contributed by atoms with E-state index < -0.39 is 0 Å². The standard InChI is InChI=1S/C22H44N2.C18H34N2.C2H5I.2HI/c1-3-23(16-8-9-17-23)20-14-22(12-6-5-7-13-22)15-21-24(4-2)18-10-11-19-24;1-2-8-18(9-3-1,10-16-19-12-4-5-13-19)11-17-20-14-6-7-15-20;1-2-3;;/h3-21H2,1-2H3;1-17H2;2H2,1H3;2*1H/q+2;;;;/p-2. The van der Waals surface area contributed by atoms with Gasteiger partial charge in [-0.2, -0.15) is 0 Å². The first kappa shape index (κ1) is 47.2. The SMILES string of the molecule is C1CCC(CCN2CCCC2)(CCN2CCCC2)CC1.CCI.CC[N+]1(CCC2(CC[N+]3(CC)CCCC3)CCCCC2)CCCC1.[I-].[I-]. The second-order valence-corrected chi connectivity index (χ2v) is 19.1. The lowest BCUT2D eigenvalue weighted by Gasteiger charge is -2.44. The van der Waals surface area contributed by atoms with Crippen molar-refractivity contribution in [3.8, 4) is 0 Å². The molecule has 0 amide bonds. The predicted octanol–water partition coefficient (Wildman–Crippen LogP) is 4.34. The van der Waals surface area contributed by atoms with Gasteiger partial charge in [0.05, 0.1) is 52.4 Å². The van der Waals surface area contributed by atoms with Crippen LogP contribution in [0.4, 0.5) is 0 Å². The van der Waals surface area contributed by atoms with E-state index in [0.29, 0.717) is 10.8 Å². The summed E-state index contributed by atoms with van der Waals surface area (Å²) in [6.07, 6.45) is 32.9. The number of hydrogen-bond acceptors (Lipinski definition) is 2. The summed E-state index contributed by atoms with van der Waals surface area (Å²) in [5.41, 5.74) is 1.42. The van der Waals surface area contributed by atoms with E-state index in [9.17, 15) is 0 Å². The van der Waals surface area contributed by atoms with Gasteiger partial charge in [0.15, 0.2) is 0 Å². The van der Waals surface area contributed by atoms with E-state index in [1.54, 1.807) is 12.8 Å². The molecule has 2 aliphatic carbocycles. The molecule has 6 rings (SSSR count). The highest BCUT2D eigenvalue weighted by Gasteiger charge is 2.40. The van der Waals surface area contributed by atoms with Crippen molar-refractivity contribution in [2.24, 2.45) is 10.8 Å². The highest BCUT2D eigenvalue weighted by atomic mass is 127. The molecule has 0 aromatic carbocycles. The van der Waals surface area contributed by atoms with E-state index in [2.05, 4.69) is 53.2 Å². The molecule has 6 fully saturated rings. The molecule has 0 radical (unpaired) electrons. The van der Waals surface area contributed by atoms with Crippen molar-refractivity contribution in [1.82, 2.24) is 9.80 Å². The minimum absolute atomic E-state index is 0. The number of rotatable bonds is 14. The summed E-state index contributed by atoms with van der Waals surface area (Å²) in [7, 11) is 0. The third-order valence-corrected chi connectivity index (χ3v) is 14.7. The third kappa shape index (κ3) is 15.6. The van der Waals surface area contributed by atoms with Crippen LogP contribution in [0.3, 0.4) is 0 Å². The summed E-state index contributed by atoms with van der Waals surface area (Å²) in [6, 6.07) is 0. The van der Waals surface area contributed by atoms with Crippen molar-refractivity contribution in [3.05, 3.63) is 0 Å². The van der Waals surface area contributed by atoms with Crippen LogP contribution in [0.15, 0.2) is 0 Å². The van der Waals surface area contributed by atoms with E-state index in [4.69, 9.17) is 0 Å². The minimum Gasteiger partial charge on any atom is -1.00 e. The Morgan fingerprint density at radius 3 is 1.06 bits per heavy atom. The molecule has 49 heavy (non-hydrogen) atoms. The molecule has 0 aromatic heterocycles. The van der Waals surface area contributed by atoms with Crippen LogP contribution in [0, 0.1) is 10.8 Å². The first-order valence-corrected chi connectivity index (χ1v) is 23.2. The quantitative estimate of drug-likeness (QED) is 0.146. The Balaban J connectivity index is 0.000000307. The topological polar surface area (TPSA) is 6.48 Å². The van der Waals surface area contributed by atoms with Crippen molar-refractivity contribution < 1.29 is 56.9 Å². The van der Waals surface area contributed by atoms with Crippen molar-refractivity contribution in [3.63, 3.8) is 0 Å². The molecular formula is C42H83I3N4. The van der Waals surface area contributed by atoms with Gasteiger partial charge >= 0.3 is 0 Å². The van der Waals surface area contributed by atoms with E-state index in [1.165, 1.54) is 233 Å². The van der Waals surface area contributed by atoms with Crippen LogP contribution >= 0.6 is 22.6 Å². The number of likely N-dealkylation sites (tertiary alicyclic amines) is 4. The summed E-state index contributed by atoms with van der Waals surface area (Å²) >= 11 is 2.29. The fraction of sp³-hybridized carbons (Fsp3) is 1.00. The van der Waals surface area contributed by atoms with Gasteiger partial charge in [0, 0.05) is 38.5 Å². The van der Waals surface area contributed by atoms with Crippen molar-refractivity contribution in [1.29, 1.82) is 0 Å². The van der Waals surface area contributed by atoms with Crippen LogP contribution in [0.1, 0.15) is 162 Å². The zero-order valence-corrected chi connectivity index (χ0v) is 39.6. The summed E-state index contributed by atoms with van der Waals surface area (Å²) < 4.78 is 4.13. The van der Waals surface area contributed by atoms with E-state index in [-0.39, 0.29) is 48.0 Å². The zero-order valence-electron chi connectivity index (χ0n) is 33.1. The normalized spacial score (nSPS) is 25.7. The molecular weight excluding hydrogens is 941 g/mol. The Labute approximate surface area is 355 Å². The lowest BCUT2D eigenvalue weighted by atomic mass is 9.69. The van der Waals surface area contributed by atoms with Crippen LogP contribution in [-0.2, 0) is 0 Å². The second-order valence-electron chi connectivity index (χ2n) is 17.6. The first-order valence-electron chi connectivity index (χ1n) is 21.6. The highest BCUT2D eigenvalue weighted by Crippen LogP contribution is 2.45. The van der Waals surface area contributed by atoms with Gasteiger partial charge in [-0.15, -0.1) is 0 Å². The molecule has 4 saturated heterocycles. The van der Waals surface area contributed by atoms with Gasteiger partial charge in [0.1, 0.15) is 0 Å². The van der Waals surface area contributed by atoms with Gasteiger partial charge < -0.3 is 66.7 Å². The first-order chi connectivity index (χ1) is 22.9. The Morgan fingerprint density at radius 2 is 0.755 bits per heavy atom. The van der Waals surface area contributed by atoms with E-state index in [1.807, 2.05) is 0 Å². The number of nitrogens with zero attached hydrogens (tertiary/aromatic N) is 4. The average Bonchev–Trinajstić information content (AvgIpc) is 3.96. The monoisotopic (exact) mass is 1020 g/mol. The Hall–Kier alpha value is 2.03. The van der Waals surface area contributed by atoms with E-state index >= 15 is 0 Å². The van der Waals surface area contributed by atoms with Crippen LogP contribution in [0.25, 0.3) is 0 Å². The summed E-state index contributed by atoms with van der Waals surface area (Å²) in [5.74, 6) is 0. The summed E-state index contributed by atoms with van der Waals surface area (Å²) in [4.78, 5) is 5.46. The van der Waals surface area contributed by atoms with Crippen LogP contribution < -0.4 is 48.0 Å². The van der Waals surface area contributed by atoms with Crippen molar-refractivity contribution in [2.45, 2.75) is 162 Å². The van der Waals surface area contributed by atoms with Crippen LogP contribution in [0.2, 0.25) is 0 Å². The molecule has 0 atom stereocenters. The van der Waals surface area contributed by atoms with Gasteiger partial charge in [0.2, 0.25) is 0 Å². The molecule has 0 spiro atoms. The third-order valence-electron chi connectivity index (χ3n) is 14.7. The molecule has 6 aliphatic rings. The number of quaternary nitrogens is 2. The molecule has 0 N–H and O–H groups in total. The second kappa shape index (κ2) is 25.2. The van der Waals surface area contributed by atoms with E-state index in [0.717, 1.165) is 0 Å². The number of halogens is 3. The largest absolute Gasteiger partial charge is 1.00 e. The van der Waals surface area contributed by atoms with Crippen LogP contribution in [0.5, 0.6) is 0 Å². The lowest BCUT2D eigenvalue weighted by molar-refractivity contribution is -0.918. The molecule has 0 bridgehead atoms. The molecule has 4 nitrogen and oxygen atoms in total. The molecule has 0 aromatic rings. The molecule has 292 valence electrons. The fourth-order valence-corrected chi connectivity index (χ4v) is 11.0. The maximum absolute atomic E-state index is 2.73. The fourth-order valence-electron chi connectivity index (χ4n) is 11.0. The number of hydrogen-bond donors (Lipinski definition) is 0. The van der Waals surface area contributed by atoms with Gasteiger partial charge in [-0.3, -0.25) is 0 Å². The Bertz CT molecular complexity index is 753. The summed E-state index contributed by atoms with van der Waals surface area (Å²) in [6.45, 7) is 26.9. The van der Waals surface area contributed by atoms with Gasteiger partial charge in [0.25, 0.3) is 0 Å². The zero-order chi connectivity index (χ0) is 33.3.